The number of carboxylic acid groups (broad SMARTS) is 1. The van der Waals surface area contributed by atoms with Gasteiger partial charge in [0, 0.05) is 37.8 Å². The number of piperazine rings is 1. The number of nitrogens with one attached hydrogen (secondary N) is 2. The average Bonchev–Trinajstić information content (AvgIpc) is 3.16. The van der Waals surface area contributed by atoms with E-state index in [-0.39, 0.29) is 18.1 Å². The van der Waals surface area contributed by atoms with Gasteiger partial charge in [-0.3, -0.25) is 9.59 Å². The van der Waals surface area contributed by atoms with E-state index < -0.39 is 11.9 Å². The molecule has 3 rings (SSSR count). The van der Waals surface area contributed by atoms with Gasteiger partial charge in [-0.25, -0.2) is 9.78 Å². The summed E-state index contributed by atoms with van der Waals surface area (Å²) in [5.41, 5.74) is 0.933. The van der Waals surface area contributed by atoms with Gasteiger partial charge in [-0.2, -0.15) is 0 Å². The SMILES string of the molecule is O=C(O)/C=C/c1sc(-c2ccccc2)nc1C(=O)NCC(=O)N1CCNCC1. The summed E-state index contributed by atoms with van der Waals surface area (Å²) < 4.78 is 0. The smallest absolute Gasteiger partial charge is 0.328 e. The number of amides is 2. The van der Waals surface area contributed by atoms with Gasteiger partial charge in [0.25, 0.3) is 5.91 Å². The Kier molecular flexibility index (Phi) is 6.51. The zero-order valence-corrected chi connectivity index (χ0v) is 15.9. The lowest BCUT2D eigenvalue weighted by Crippen LogP contribution is -2.49. The molecule has 0 aliphatic carbocycles. The van der Waals surface area contributed by atoms with Gasteiger partial charge in [-0.15, -0.1) is 11.3 Å². The molecule has 1 aromatic carbocycles. The van der Waals surface area contributed by atoms with Crippen LogP contribution in [0.2, 0.25) is 0 Å². The number of hydrogen-bond acceptors (Lipinski definition) is 6. The largest absolute Gasteiger partial charge is 0.478 e. The monoisotopic (exact) mass is 400 g/mol. The van der Waals surface area contributed by atoms with Gasteiger partial charge in [0.05, 0.1) is 11.4 Å². The topological polar surface area (TPSA) is 112 Å². The van der Waals surface area contributed by atoms with Crippen molar-refractivity contribution in [2.75, 3.05) is 32.7 Å². The second-order valence-corrected chi connectivity index (χ2v) is 7.11. The molecule has 9 heteroatoms. The van der Waals surface area contributed by atoms with Crippen LogP contribution in [0.5, 0.6) is 0 Å². The molecule has 3 N–H and O–H groups in total. The predicted molar refractivity (Wildman–Crippen MR) is 106 cm³/mol. The Labute approximate surface area is 165 Å². The van der Waals surface area contributed by atoms with E-state index in [1.807, 2.05) is 30.3 Å². The Morgan fingerprint density at radius 3 is 2.61 bits per heavy atom. The Balaban J connectivity index is 1.76. The van der Waals surface area contributed by atoms with Crippen LogP contribution in [0.25, 0.3) is 16.6 Å². The third-order valence-electron chi connectivity index (χ3n) is 4.14. The van der Waals surface area contributed by atoms with Crippen LogP contribution in [0.4, 0.5) is 0 Å². The minimum absolute atomic E-state index is 0.106. The fourth-order valence-corrected chi connectivity index (χ4v) is 3.69. The van der Waals surface area contributed by atoms with Crippen LogP contribution in [-0.4, -0.2) is 65.5 Å². The van der Waals surface area contributed by atoms with Crippen molar-refractivity contribution in [2.45, 2.75) is 0 Å². The standard InChI is InChI=1S/C19H20N4O4S/c24-15(23-10-8-20-9-11-23)12-21-18(27)17-14(6-7-16(25)26)28-19(22-17)13-4-2-1-3-5-13/h1-7,20H,8-12H2,(H,21,27)(H,25,26)/b7-6+. The molecule has 0 radical (unpaired) electrons. The van der Waals surface area contributed by atoms with Crippen molar-refractivity contribution in [1.82, 2.24) is 20.5 Å². The number of carbonyl (C=O) groups excluding carboxylic acids is 2. The molecule has 28 heavy (non-hydrogen) atoms. The lowest BCUT2D eigenvalue weighted by Gasteiger charge is -2.27. The van der Waals surface area contributed by atoms with Crippen molar-refractivity contribution in [1.29, 1.82) is 0 Å². The molecule has 1 aromatic heterocycles. The van der Waals surface area contributed by atoms with Crippen LogP contribution in [-0.2, 0) is 9.59 Å². The Bertz CT molecular complexity index is 889. The number of aromatic nitrogens is 1. The fourth-order valence-electron chi connectivity index (χ4n) is 2.72. The zero-order chi connectivity index (χ0) is 19.9. The van der Waals surface area contributed by atoms with E-state index in [0.717, 1.165) is 24.7 Å². The minimum Gasteiger partial charge on any atom is -0.478 e. The highest BCUT2D eigenvalue weighted by Crippen LogP contribution is 2.29. The molecule has 2 heterocycles. The summed E-state index contributed by atoms with van der Waals surface area (Å²) in [7, 11) is 0. The number of rotatable bonds is 6. The lowest BCUT2D eigenvalue weighted by molar-refractivity contribution is -0.131. The first-order valence-electron chi connectivity index (χ1n) is 8.78. The molecule has 0 spiro atoms. The molecule has 0 unspecified atom stereocenters. The average molecular weight is 400 g/mol. The maximum atomic E-state index is 12.6. The van der Waals surface area contributed by atoms with E-state index in [2.05, 4.69) is 15.6 Å². The highest BCUT2D eigenvalue weighted by Gasteiger charge is 2.21. The fraction of sp³-hybridized carbons (Fsp3) is 0.263. The van der Waals surface area contributed by atoms with E-state index in [1.165, 1.54) is 17.4 Å². The summed E-state index contributed by atoms with van der Waals surface area (Å²) in [6, 6.07) is 9.31. The first-order chi connectivity index (χ1) is 13.5. The quantitative estimate of drug-likeness (QED) is 0.626. The molecule has 1 saturated heterocycles. The Hall–Kier alpha value is -3.04. The van der Waals surface area contributed by atoms with E-state index in [4.69, 9.17) is 5.11 Å². The van der Waals surface area contributed by atoms with Gasteiger partial charge in [0.15, 0.2) is 0 Å². The minimum atomic E-state index is -1.12. The van der Waals surface area contributed by atoms with Crippen LogP contribution < -0.4 is 10.6 Å². The number of thiazole rings is 1. The van der Waals surface area contributed by atoms with Crippen LogP contribution in [0.15, 0.2) is 36.4 Å². The van der Waals surface area contributed by atoms with Crippen molar-refractivity contribution in [3.8, 4) is 10.6 Å². The van der Waals surface area contributed by atoms with Crippen molar-refractivity contribution in [3.05, 3.63) is 47.0 Å². The number of hydrogen-bond donors (Lipinski definition) is 3. The van der Waals surface area contributed by atoms with Gasteiger partial charge < -0.3 is 20.6 Å². The van der Waals surface area contributed by atoms with Crippen molar-refractivity contribution < 1.29 is 19.5 Å². The van der Waals surface area contributed by atoms with Crippen LogP contribution in [0, 0.1) is 0 Å². The summed E-state index contributed by atoms with van der Waals surface area (Å²) in [6.07, 6.45) is 2.31. The molecule has 2 aromatic rings. The number of carbonyl (C=O) groups is 3. The molecule has 0 atom stereocenters. The molecule has 1 fully saturated rings. The summed E-state index contributed by atoms with van der Waals surface area (Å²) >= 11 is 1.22. The second kappa shape index (κ2) is 9.25. The highest BCUT2D eigenvalue weighted by atomic mass is 32.1. The van der Waals surface area contributed by atoms with E-state index >= 15 is 0 Å². The summed E-state index contributed by atoms with van der Waals surface area (Å²) in [5, 5.41) is 15.3. The molecule has 8 nitrogen and oxygen atoms in total. The lowest BCUT2D eigenvalue weighted by atomic mass is 10.2. The summed E-state index contributed by atoms with van der Waals surface area (Å²) in [5.74, 6) is -1.78. The summed E-state index contributed by atoms with van der Waals surface area (Å²) in [6.45, 7) is 2.55. The zero-order valence-electron chi connectivity index (χ0n) is 15.1. The van der Waals surface area contributed by atoms with Gasteiger partial charge in [-0.05, 0) is 6.08 Å². The molecule has 1 aliphatic rings. The number of carboxylic acids is 1. The number of nitrogens with zero attached hydrogens (tertiary/aromatic N) is 2. The van der Waals surface area contributed by atoms with Gasteiger partial charge in [0.2, 0.25) is 5.91 Å². The maximum absolute atomic E-state index is 12.6. The predicted octanol–water partition coefficient (Wildman–Crippen LogP) is 1.07. The van der Waals surface area contributed by atoms with E-state index in [0.29, 0.717) is 23.0 Å². The third kappa shape index (κ3) is 5.02. The normalized spacial score (nSPS) is 14.2. The van der Waals surface area contributed by atoms with Gasteiger partial charge >= 0.3 is 5.97 Å². The number of benzene rings is 1. The molecule has 0 bridgehead atoms. The molecular weight excluding hydrogens is 380 g/mol. The second-order valence-electron chi connectivity index (χ2n) is 6.08. The summed E-state index contributed by atoms with van der Waals surface area (Å²) in [4.78, 5) is 42.2. The third-order valence-corrected chi connectivity index (χ3v) is 5.21. The van der Waals surface area contributed by atoms with Gasteiger partial charge in [-0.1, -0.05) is 30.3 Å². The van der Waals surface area contributed by atoms with Crippen LogP contribution in [0.3, 0.4) is 0 Å². The molecule has 2 amide bonds. The van der Waals surface area contributed by atoms with Crippen LogP contribution in [0.1, 0.15) is 15.4 Å². The van der Waals surface area contributed by atoms with Gasteiger partial charge in [0.1, 0.15) is 10.7 Å². The van der Waals surface area contributed by atoms with Crippen molar-refractivity contribution in [2.24, 2.45) is 0 Å². The highest BCUT2D eigenvalue weighted by molar-refractivity contribution is 7.16. The molecule has 0 saturated carbocycles. The maximum Gasteiger partial charge on any atom is 0.328 e. The molecular formula is C19H20N4O4S. The Morgan fingerprint density at radius 2 is 1.93 bits per heavy atom. The first-order valence-corrected chi connectivity index (χ1v) is 9.60. The van der Waals surface area contributed by atoms with E-state index in [9.17, 15) is 14.4 Å². The number of aliphatic carboxylic acids is 1. The first kappa shape index (κ1) is 19.7. The van der Waals surface area contributed by atoms with Crippen molar-refractivity contribution in [3.63, 3.8) is 0 Å². The van der Waals surface area contributed by atoms with Crippen molar-refractivity contribution >= 4 is 35.2 Å². The van der Waals surface area contributed by atoms with Crippen LogP contribution >= 0.6 is 11.3 Å². The molecule has 1 aliphatic heterocycles. The Morgan fingerprint density at radius 1 is 1.21 bits per heavy atom. The molecule has 146 valence electrons. The van der Waals surface area contributed by atoms with E-state index in [1.54, 1.807) is 4.90 Å².